The van der Waals surface area contributed by atoms with E-state index in [2.05, 4.69) is 15.1 Å². The molecule has 0 aromatic carbocycles. The highest BCUT2D eigenvalue weighted by Gasteiger charge is 2.29. The number of esters is 1. The number of hydrogen-bond donors (Lipinski definition) is 1. The number of carbonyl (C=O) groups is 1. The van der Waals surface area contributed by atoms with Gasteiger partial charge in [-0.05, 0) is 14.0 Å². The highest BCUT2D eigenvalue weighted by molar-refractivity contribution is 7.89. The number of aromatic amines is 1. The third-order valence-corrected chi connectivity index (χ3v) is 4.93. The van der Waals surface area contributed by atoms with Crippen molar-refractivity contribution < 1.29 is 17.9 Å². The third-order valence-electron chi connectivity index (χ3n) is 3.12. The number of piperazine rings is 1. The zero-order chi connectivity index (χ0) is 14.8. The van der Waals surface area contributed by atoms with Gasteiger partial charge in [0.2, 0.25) is 0 Å². The van der Waals surface area contributed by atoms with Crippen LogP contribution in [0.25, 0.3) is 0 Å². The van der Waals surface area contributed by atoms with Crippen molar-refractivity contribution in [3.63, 3.8) is 0 Å². The van der Waals surface area contributed by atoms with Crippen molar-refractivity contribution in [2.24, 2.45) is 0 Å². The monoisotopic (exact) mass is 302 g/mol. The van der Waals surface area contributed by atoms with Gasteiger partial charge in [0.1, 0.15) is 0 Å². The minimum Gasteiger partial charge on any atom is -0.461 e. The standard InChI is InChI=1S/C11H18N4O4S/c1-3-19-11(16)9-8-10(13-12-9)20(17,18)15-6-4-14(2)5-7-15/h8H,3-7H2,1-2H3,(H,12,13). The number of carbonyl (C=O) groups excluding carboxylic acids is 1. The molecule has 0 amide bonds. The Morgan fingerprint density at radius 3 is 2.65 bits per heavy atom. The van der Waals surface area contributed by atoms with Gasteiger partial charge in [-0.2, -0.15) is 9.40 Å². The van der Waals surface area contributed by atoms with E-state index in [0.717, 1.165) is 0 Å². The fraction of sp³-hybridized carbons (Fsp3) is 0.636. The Kier molecular flexibility index (Phi) is 4.41. The first-order chi connectivity index (χ1) is 9.45. The molecule has 9 heteroatoms. The van der Waals surface area contributed by atoms with Crippen LogP contribution in [-0.2, 0) is 14.8 Å². The number of nitrogens with zero attached hydrogens (tertiary/aromatic N) is 3. The SMILES string of the molecule is CCOC(=O)c1cc(S(=O)(=O)N2CCN(C)CC2)[nH]n1. The van der Waals surface area contributed by atoms with Crippen molar-refractivity contribution in [2.45, 2.75) is 11.9 Å². The van der Waals surface area contributed by atoms with Crippen LogP contribution < -0.4 is 0 Å². The van der Waals surface area contributed by atoms with Crippen molar-refractivity contribution in [3.05, 3.63) is 11.8 Å². The number of nitrogens with one attached hydrogen (secondary N) is 1. The Labute approximate surface area is 117 Å². The average Bonchev–Trinajstić information content (AvgIpc) is 2.90. The number of hydrogen-bond acceptors (Lipinski definition) is 6. The first-order valence-corrected chi connectivity index (χ1v) is 7.80. The molecule has 0 saturated carbocycles. The van der Waals surface area contributed by atoms with Gasteiger partial charge < -0.3 is 9.64 Å². The maximum atomic E-state index is 12.4. The maximum absolute atomic E-state index is 12.4. The normalized spacial score (nSPS) is 18.1. The molecular weight excluding hydrogens is 284 g/mol. The zero-order valence-electron chi connectivity index (χ0n) is 11.5. The zero-order valence-corrected chi connectivity index (χ0v) is 12.3. The van der Waals surface area contributed by atoms with Gasteiger partial charge in [-0.15, -0.1) is 0 Å². The van der Waals surface area contributed by atoms with Gasteiger partial charge in [0.05, 0.1) is 6.61 Å². The minimum atomic E-state index is -3.63. The lowest BCUT2D eigenvalue weighted by Crippen LogP contribution is -2.47. The molecule has 1 saturated heterocycles. The van der Waals surface area contributed by atoms with E-state index in [1.54, 1.807) is 6.92 Å². The van der Waals surface area contributed by atoms with Gasteiger partial charge >= 0.3 is 5.97 Å². The van der Waals surface area contributed by atoms with E-state index >= 15 is 0 Å². The predicted octanol–water partition coefficient (Wildman–Crippen LogP) is -0.477. The fourth-order valence-electron chi connectivity index (χ4n) is 1.91. The van der Waals surface area contributed by atoms with Crippen molar-refractivity contribution in [1.82, 2.24) is 19.4 Å². The molecule has 1 fully saturated rings. The van der Waals surface area contributed by atoms with Crippen LogP contribution in [0, 0.1) is 0 Å². The summed E-state index contributed by atoms with van der Waals surface area (Å²) in [7, 11) is -1.69. The molecule has 1 N–H and O–H groups in total. The number of rotatable bonds is 4. The molecule has 1 aromatic heterocycles. The molecule has 0 bridgehead atoms. The van der Waals surface area contributed by atoms with Crippen LogP contribution >= 0.6 is 0 Å². The van der Waals surface area contributed by atoms with E-state index in [4.69, 9.17) is 4.74 Å². The van der Waals surface area contributed by atoms with E-state index in [-0.39, 0.29) is 17.3 Å². The van der Waals surface area contributed by atoms with Crippen LogP contribution in [0.3, 0.4) is 0 Å². The van der Waals surface area contributed by atoms with Crippen molar-refractivity contribution in [2.75, 3.05) is 39.8 Å². The first-order valence-electron chi connectivity index (χ1n) is 6.36. The molecule has 0 radical (unpaired) electrons. The largest absolute Gasteiger partial charge is 0.461 e. The van der Waals surface area contributed by atoms with Gasteiger partial charge in [0, 0.05) is 32.2 Å². The average molecular weight is 302 g/mol. The summed E-state index contributed by atoms with van der Waals surface area (Å²) in [5.74, 6) is -0.636. The van der Waals surface area contributed by atoms with E-state index in [1.165, 1.54) is 10.4 Å². The van der Waals surface area contributed by atoms with Crippen LogP contribution in [0.4, 0.5) is 0 Å². The lowest BCUT2D eigenvalue weighted by atomic mass is 10.4. The summed E-state index contributed by atoms with van der Waals surface area (Å²) in [6.45, 7) is 4.09. The van der Waals surface area contributed by atoms with Gasteiger partial charge in [0.25, 0.3) is 10.0 Å². The summed E-state index contributed by atoms with van der Waals surface area (Å²) in [6.07, 6.45) is 0. The second-order valence-corrected chi connectivity index (χ2v) is 6.45. The molecule has 2 heterocycles. The molecule has 0 aliphatic carbocycles. The Balaban J connectivity index is 2.16. The Morgan fingerprint density at radius 1 is 1.40 bits per heavy atom. The summed E-state index contributed by atoms with van der Waals surface area (Å²) >= 11 is 0. The van der Waals surface area contributed by atoms with Crippen LogP contribution in [0.15, 0.2) is 11.1 Å². The molecule has 1 aliphatic rings. The molecule has 0 spiro atoms. The lowest BCUT2D eigenvalue weighted by molar-refractivity contribution is 0.0519. The Bertz CT molecular complexity index is 575. The number of H-pyrrole nitrogens is 1. The van der Waals surface area contributed by atoms with Crippen LogP contribution in [-0.4, -0.2) is 73.6 Å². The second-order valence-electron chi connectivity index (χ2n) is 4.55. The molecule has 2 rings (SSSR count). The van der Waals surface area contributed by atoms with Gasteiger partial charge in [0.15, 0.2) is 10.7 Å². The molecule has 0 unspecified atom stereocenters. The van der Waals surface area contributed by atoms with E-state index in [1.807, 2.05) is 7.05 Å². The second kappa shape index (κ2) is 5.90. The summed E-state index contributed by atoms with van der Waals surface area (Å²) in [6, 6.07) is 1.21. The van der Waals surface area contributed by atoms with E-state index < -0.39 is 16.0 Å². The summed E-state index contributed by atoms with van der Waals surface area (Å²) < 4.78 is 30.9. The Hall–Kier alpha value is -1.45. The predicted molar refractivity (Wildman–Crippen MR) is 70.8 cm³/mol. The number of ether oxygens (including phenoxy) is 1. The van der Waals surface area contributed by atoms with Crippen LogP contribution in [0.1, 0.15) is 17.4 Å². The molecule has 0 atom stereocenters. The van der Waals surface area contributed by atoms with Crippen molar-refractivity contribution in [1.29, 1.82) is 0 Å². The summed E-state index contributed by atoms with van der Waals surface area (Å²) in [4.78, 5) is 13.5. The summed E-state index contributed by atoms with van der Waals surface area (Å²) in [5, 5.41) is 6.02. The van der Waals surface area contributed by atoms with Crippen LogP contribution in [0.2, 0.25) is 0 Å². The van der Waals surface area contributed by atoms with E-state index in [0.29, 0.717) is 26.2 Å². The fourth-order valence-corrected chi connectivity index (χ4v) is 3.26. The third kappa shape index (κ3) is 3.00. The highest BCUT2D eigenvalue weighted by atomic mass is 32.2. The lowest BCUT2D eigenvalue weighted by Gasteiger charge is -2.30. The maximum Gasteiger partial charge on any atom is 0.358 e. The quantitative estimate of drug-likeness (QED) is 0.755. The van der Waals surface area contributed by atoms with Crippen LogP contribution in [0.5, 0.6) is 0 Å². The van der Waals surface area contributed by atoms with Crippen molar-refractivity contribution >= 4 is 16.0 Å². The van der Waals surface area contributed by atoms with Gasteiger partial charge in [-0.3, -0.25) is 5.10 Å². The summed E-state index contributed by atoms with van der Waals surface area (Å²) in [5.41, 5.74) is -0.0282. The number of aromatic nitrogens is 2. The number of likely N-dealkylation sites (N-methyl/N-ethyl adjacent to an activating group) is 1. The minimum absolute atomic E-state index is 0.0282. The van der Waals surface area contributed by atoms with Gasteiger partial charge in [-0.1, -0.05) is 0 Å². The molecule has 20 heavy (non-hydrogen) atoms. The Morgan fingerprint density at radius 2 is 2.05 bits per heavy atom. The molecular formula is C11H18N4O4S. The van der Waals surface area contributed by atoms with Crippen molar-refractivity contribution in [3.8, 4) is 0 Å². The molecule has 8 nitrogen and oxygen atoms in total. The molecule has 1 aliphatic heterocycles. The van der Waals surface area contributed by atoms with E-state index in [9.17, 15) is 13.2 Å². The topological polar surface area (TPSA) is 95.6 Å². The molecule has 1 aromatic rings. The van der Waals surface area contributed by atoms with Gasteiger partial charge in [-0.25, -0.2) is 13.2 Å². The first kappa shape index (κ1) is 14.9. The highest BCUT2D eigenvalue weighted by Crippen LogP contribution is 2.16. The molecule has 112 valence electrons. The smallest absolute Gasteiger partial charge is 0.358 e. The number of sulfonamides is 1.